The van der Waals surface area contributed by atoms with E-state index in [2.05, 4.69) is 20.9 Å². The second-order valence-electron chi connectivity index (χ2n) is 10.9. The molecule has 1 aromatic carbocycles. The lowest BCUT2D eigenvalue weighted by atomic mass is 9.80. The summed E-state index contributed by atoms with van der Waals surface area (Å²) in [4.78, 5) is 7.65. The topological polar surface area (TPSA) is 110 Å². The summed E-state index contributed by atoms with van der Waals surface area (Å²) in [5, 5.41) is 36.7. The van der Waals surface area contributed by atoms with Gasteiger partial charge in [0.2, 0.25) is 0 Å². The molecule has 3 aromatic heterocycles. The molecule has 0 bridgehead atoms. The van der Waals surface area contributed by atoms with E-state index in [0.29, 0.717) is 17.1 Å². The van der Waals surface area contributed by atoms with Gasteiger partial charge in [-0.3, -0.25) is 9.88 Å². The summed E-state index contributed by atoms with van der Waals surface area (Å²) in [6.07, 6.45) is 1.06. The summed E-state index contributed by atoms with van der Waals surface area (Å²) in [5.41, 5.74) is 3.04. The lowest BCUT2D eigenvalue weighted by Crippen LogP contribution is -2.56. The fourth-order valence-electron chi connectivity index (χ4n) is 6.09. The van der Waals surface area contributed by atoms with E-state index in [-0.39, 0.29) is 12.4 Å². The number of thiophene rings is 1. The van der Waals surface area contributed by atoms with Crippen LogP contribution in [-0.2, 0) is 17.8 Å². The highest BCUT2D eigenvalue weighted by Crippen LogP contribution is 2.41. The molecule has 13 heteroatoms. The van der Waals surface area contributed by atoms with Crippen molar-refractivity contribution >= 4 is 44.1 Å². The van der Waals surface area contributed by atoms with Crippen molar-refractivity contribution < 1.29 is 23.7 Å². The first-order valence-electron chi connectivity index (χ1n) is 13.9. The SMILES string of the molecule is COC1=CC(O)N(Cc2cc3nccc(-c4cc(Cl)cc5ccn(CC6(C#N)CCNCC6)c45)c3s2)C(O)N1CC(F)F. The Hall–Kier alpha value is -3.31. The number of ether oxygens (including phenoxy) is 1. The zero-order valence-electron chi connectivity index (χ0n) is 23.4. The van der Waals surface area contributed by atoms with Crippen molar-refractivity contribution in [2.75, 3.05) is 26.7 Å². The van der Waals surface area contributed by atoms with Gasteiger partial charge < -0.3 is 24.8 Å². The molecule has 5 heterocycles. The van der Waals surface area contributed by atoms with Crippen molar-refractivity contribution in [1.29, 1.82) is 5.26 Å². The van der Waals surface area contributed by atoms with Gasteiger partial charge in [0.1, 0.15) is 6.23 Å². The van der Waals surface area contributed by atoms with Crippen LogP contribution in [0.1, 0.15) is 17.7 Å². The number of nitrogens with zero attached hydrogens (tertiary/aromatic N) is 5. The van der Waals surface area contributed by atoms with Crippen LogP contribution in [0.25, 0.3) is 32.2 Å². The number of aromatic nitrogens is 2. The van der Waals surface area contributed by atoms with Crippen molar-refractivity contribution in [3.63, 3.8) is 0 Å². The van der Waals surface area contributed by atoms with Crippen LogP contribution in [0.5, 0.6) is 0 Å². The average Bonchev–Trinajstić information content (AvgIpc) is 3.59. The van der Waals surface area contributed by atoms with Gasteiger partial charge in [-0.05, 0) is 56.3 Å². The Morgan fingerprint density at radius 2 is 2.02 bits per heavy atom. The number of rotatable bonds is 8. The van der Waals surface area contributed by atoms with Crippen LogP contribution in [0.3, 0.4) is 0 Å². The maximum Gasteiger partial charge on any atom is 0.256 e. The molecule has 4 aromatic rings. The van der Waals surface area contributed by atoms with Gasteiger partial charge in [-0.25, -0.2) is 13.7 Å². The third-order valence-electron chi connectivity index (χ3n) is 8.22. The van der Waals surface area contributed by atoms with E-state index in [1.165, 1.54) is 29.4 Å². The zero-order valence-corrected chi connectivity index (χ0v) is 25.0. The average molecular weight is 629 g/mol. The van der Waals surface area contributed by atoms with Gasteiger partial charge in [0.05, 0.1) is 40.9 Å². The second kappa shape index (κ2) is 12.0. The van der Waals surface area contributed by atoms with Crippen LogP contribution >= 0.6 is 22.9 Å². The molecule has 43 heavy (non-hydrogen) atoms. The fourth-order valence-corrected chi connectivity index (χ4v) is 7.46. The molecule has 1 saturated heterocycles. The molecule has 0 aliphatic carbocycles. The van der Waals surface area contributed by atoms with Crippen molar-refractivity contribution in [3.8, 4) is 17.2 Å². The largest absolute Gasteiger partial charge is 0.482 e. The zero-order chi connectivity index (χ0) is 30.3. The maximum atomic E-state index is 13.3. The van der Waals surface area contributed by atoms with Crippen LogP contribution in [0.4, 0.5) is 8.78 Å². The molecule has 0 amide bonds. The highest BCUT2D eigenvalue weighted by Gasteiger charge is 2.37. The number of benzene rings is 1. The van der Waals surface area contributed by atoms with Gasteiger partial charge in [-0.1, -0.05) is 11.6 Å². The predicted molar refractivity (Wildman–Crippen MR) is 161 cm³/mol. The first kappa shape index (κ1) is 29.7. The van der Waals surface area contributed by atoms with E-state index in [1.807, 2.05) is 36.5 Å². The molecule has 2 aliphatic heterocycles. The Kier molecular flexibility index (Phi) is 8.30. The lowest BCUT2D eigenvalue weighted by molar-refractivity contribution is -0.188. The van der Waals surface area contributed by atoms with E-state index in [9.17, 15) is 24.3 Å². The Labute approximate surface area is 256 Å². The second-order valence-corrected chi connectivity index (χ2v) is 12.5. The fraction of sp³-hybridized carbons (Fsp3) is 0.400. The smallest absolute Gasteiger partial charge is 0.256 e. The number of aliphatic hydroxyl groups is 2. The number of pyridine rings is 1. The molecule has 3 N–H and O–H groups in total. The summed E-state index contributed by atoms with van der Waals surface area (Å²) in [6.45, 7) is 1.49. The number of hydrogen-bond donors (Lipinski definition) is 3. The molecule has 0 spiro atoms. The van der Waals surface area contributed by atoms with Crippen molar-refractivity contribution in [2.24, 2.45) is 5.41 Å². The highest BCUT2D eigenvalue weighted by atomic mass is 35.5. The van der Waals surface area contributed by atoms with Crippen molar-refractivity contribution in [1.82, 2.24) is 24.7 Å². The number of aliphatic hydroxyl groups excluding tert-OH is 2. The molecule has 0 radical (unpaired) electrons. The number of methoxy groups -OCH3 is 1. The Balaban J connectivity index is 1.38. The molecular formula is C30H31ClF2N6O3S. The van der Waals surface area contributed by atoms with Gasteiger partial charge in [-0.2, -0.15) is 5.26 Å². The number of piperidine rings is 1. The predicted octanol–water partition coefficient (Wildman–Crippen LogP) is 4.93. The quantitative estimate of drug-likeness (QED) is 0.252. The molecule has 1 fully saturated rings. The number of nitrogens with one attached hydrogen (secondary N) is 1. The maximum absolute atomic E-state index is 13.3. The number of alkyl halides is 2. The highest BCUT2D eigenvalue weighted by molar-refractivity contribution is 7.19. The number of nitriles is 1. The Morgan fingerprint density at radius 1 is 1.23 bits per heavy atom. The molecule has 2 aliphatic rings. The first-order valence-corrected chi connectivity index (χ1v) is 15.1. The van der Waals surface area contributed by atoms with Crippen LogP contribution in [0, 0.1) is 16.7 Å². The summed E-state index contributed by atoms with van der Waals surface area (Å²) < 4.78 is 34.7. The molecule has 6 rings (SSSR count). The molecule has 0 saturated carbocycles. The molecule has 2 unspecified atom stereocenters. The van der Waals surface area contributed by atoms with Crippen LogP contribution in [-0.4, -0.2) is 75.3 Å². The van der Waals surface area contributed by atoms with Crippen LogP contribution in [0.15, 0.2) is 54.7 Å². The van der Waals surface area contributed by atoms with Crippen LogP contribution in [0.2, 0.25) is 5.02 Å². The number of fused-ring (bicyclic) bond motifs is 2. The Morgan fingerprint density at radius 3 is 2.74 bits per heavy atom. The van der Waals surface area contributed by atoms with Gasteiger partial charge in [0.15, 0.2) is 12.2 Å². The summed E-state index contributed by atoms with van der Waals surface area (Å²) in [5.74, 6) is -0.0208. The Bertz CT molecular complexity index is 1710. The number of halogens is 3. The van der Waals surface area contributed by atoms with Gasteiger partial charge >= 0.3 is 0 Å². The third kappa shape index (κ3) is 5.69. The molecule has 226 valence electrons. The van der Waals surface area contributed by atoms with E-state index >= 15 is 0 Å². The molecule has 9 nitrogen and oxygen atoms in total. The van der Waals surface area contributed by atoms with E-state index in [4.69, 9.17) is 16.3 Å². The normalized spacial score (nSPS) is 21.0. The van der Waals surface area contributed by atoms with Crippen molar-refractivity contribution in [3.05, 3.63) is 64.6 Å². The summed E-state index contributed by atoms with van der Waals surface area (Å²) in [7, 11) is 1.30. The summed E-state index contributed by atoms with van der Waals surface area (Å²) in [6, 6.07) is 12.3. The number of hydrogen-bond acceptors (Lipinski definition) is 9. The van der Waals surface area contributed by atoms with Gasteiger partial charge in [0, 0.05) is 58.0 Å². The minimum Gasteiger partial charge on any atom is -0.482 e. The van der Waals surface area contributed by atoms with E-state index in [1.54, 1.807) is 6.20 Å². The van der Waals surface area contributed by atoms with E-state index < -0.39 is 31.0 Å². The monoisotopic (exact) mass is 628 g/mol. The van der Waals surface area contributed by atoms with Gasteiger partial charge in [0.25, 0.3) is 6.43 Å². The third-order valence-corrected chi connectivity index (χ3v) is 9.58. The van der Waals surface area contributed by atoms with Crippen molar-refractivity contribution in [2.45, 2.75) is 44.9 Å². The molecule has 2 atom stereocenters. The van der Waals surface area contributed by atoms with Gasteiger partial charge in [-0.15, -0.1) is 11.3 Å². The minimum absolute atomic E-state index is 0.0208. The van der Waals surface area contributed by atoms with Crippen LogP contribution < -0.4 is 5.32 Å². The summed E-state index contributed by atoms with van der Waals surface area (Å²) >= 11 is 8.04. The lowest BCUT2D eigenvalue weighted by Gasteiger charge is -2.42. The first-order chi connectivity index (χ1) is 20.7. The standard InChI is InChI=1S/C30H31ClF2N6O3S/c1-42-26-13-25(40)38(29(41)39(26)15-24(32)33)14-20-12-23-28(43-20)21(2-6-36-23)22-11-19(31)10-18-3-9-37(27(18)22)17-30(16-34)4-7-35-8-5-30/h2-3,6,9-13,24-25,29,35,40-41H,4-5,7-8,14-15,17H2,1H3. The molecular weight excluding hydrogens is 598 g/mol. The van der Waals surface area contributed by atoms with E-state index in [0.717, 1.165) is 62.4 Å². The minimum atomic E-state index is -2.72.